The molecule has 0 radical (unpaired) electrons. The van der Waals surface area contributed by atoms with Crippen molar-refractivity contribution in [2.75, 3.05) is 11.9 Å². The van der Waals surface area contributed by atoms with Crippen molar-refractivity contribution in [1.82, 2.24) is 9.97 Å². The third-order valence-electron chi connectivity index (χ3n) is 6.59. The van der Waals surface area contributed by atoms with Crippen LogP contribution in [0.1, 0.15) is 27.0 Å². The molecule has 9 nitrogen and oxygen atoms in total. The molecule has 1 aromatic heterocycles. The highest BCUT2D eigenvalue weighted by molar-refractivity contribution is 5.98. The molecule has 1 heterocycles. The second kappa shape index (κ2) is 11.4. The molecule has 1 amide bonds. The van der Waals surface area contributed by atoms with E-state index >= 15 is 0 Å². The van der Waals surface area contributed by atoms with Gasteiger partial charge in [-0.2, -0.15) is 0 Å². The number of carbonyl (C=O) groups excluding carboxylic acids is 2. The molecule has 0 spiro atoms. The lowest BCUT2D eigenvalue weighted by molar-refractivity contribution is -0.384. The second-order valence-electron chi connectivity index (χ2n) is 9.74. The highest BCUT2D eigenvalue weighted by Gasteiger charge is 2.17. The summed E-state index contributed by atoms with van der Waals surface area (Å²) in [5.41, 5.74) is 7.55. The number of anilines is 1. The Kier molecular flexibility index (Phi) is 7.51. The Morgan fingerprint density at radius 2 is 1.37 bits per heavy atom. The molecule has 204 valence electrons. The number of benzene rings is 4. The van der Waals surface area contributed by atoms with E-state index < -0.39 is 23.4 Å². The van der Waals surface area contributed by atoms with E-state index in [4.69, 9.17) is 14.7 Å². The molecule has 0 bridgehead atoms. The van der Waals surface area contributed by atoms with E-state index in [9.17, 15) is 19.7 Å². The number of nitrogens with zero attached hydrogens (tertiary/aromatic N) is 3. The number of nitro groups is 1. The number of hydrogen-bond acceptors (Lipinski definition) is 7. The Bertz CT molecular complexity index is 1800. The molecule has 5 aromatic rings. The van der Waals surface area contributed by atoms with Crippen molar-refractivity contribution in [3.63, 3.8) is 0 Å². The lowest BCUT2D eigenvalue weighted by atomic mass is 10.0. The van der Waals surface area contributed by atoms with Crippen LogP contribution in [-0.2, 0) is 9.53 Å². The van der Waals surface area contributed by atoms with Crippen LogP contribution in [0.3, 0.4) is 0 Å². The molecule has 0 aliphatic carbocycles. The van der Waals surface area contributed by atoms with Gasteiger partial charge < -0.3 is 10.1 Å². The van der Waals surface area contributed by atoms with Crippen molar-refractivity contribution in [3.05, 3.63) is 117 Å². The third-order valence-corrected chi connectivity index (χ3v) is 6.59. The van der Waals surface area contributed by atoms with Crippen LogP contribution in [0.4, 0.5) is 11.4 Å². The lowest BCUT2D eigenvalue weighted by Crippen LogP contribution is -2.21. The van der Waals surface area contributed by atoms with Gasteiger partial charge >= 0.3 is 5.97 Å². The van der Waals surface area contributed by atoms with Gasteiger partial charge in [0.15, 0.2) is 6.61 Å². The minimum atomic E-state index is -0.709. The molecule has 0 saturated carbocycles. The number of aromatic nitrogens is 2. The largest absolute Gasteiger partial charge is 0.452 e. The summed E-state index contributed by atoms with van der Waals surface area (Å²) in [5.74, 6) is -1.33. The van der Waals surface area contributed by atoms with E-state index in [-0.39, 0.29) is 16.9 Å². The van der Waals surface area contributed by atoms with Gasteiger partial charge in [0.25, 0.3) is 11.6 Å². The smallest absolute Gasteiger partial charge is 0.338 e. The molecule has 0 aliphatic rings. The first-order valence-electron chi connectivity index (χ1n) is 12.9. The van der Waals surface area contributed by atoms with Crippen LogP contribution < -0.4 is 5.32 Å². The van der Waals surface area contributed by atoms with Gasteiger partial charge in [0.05, 0.1) is 38.6 Å². The first-order valence-corrected chi connectivity index (χ1v) is 12.9. The number of nitro benzene ring substituents is 1. The quantitative estimate of drug-likeness (QED) is 0.139. The van der Waals surface area contributed by atoms with Crippen LogP contribution in [0, 0.1) is 30.9 Å². The van der Waals surface area contributed by atoms with Crippen LogP contribution in [0.5, 0.6) is 0 Å². The molecule has 1 N–H and O–H groups in total. The van der Waals surface area contributed by atoms with E-state index in [2.05, 4.69) is 5.32 Å². The molecule has 0 saturated heterocycles. The number of amides is 1. The molecular weight excluding hydrogens is 520 g/mol. The molecule has 41 heavy (non-hydrogen) atoms. The second-order valence-corrected chi connectivity index (χ2v) is 9.74. The highest BCUT2D eigenvalue weighted by atomic mass is 16.6. The van der Waals surface area contributed by atoms with E-state index in [1.54, 1.807) is 25.1 Å². The monoisotopic (exact) mass is 546 g/mol. The maximum Gasteiger partial charge on any atom is 0.338 e. The highest BCUT2D eigenvalue weighted by Crippen LogP contribution is 2.32. The summed E-state index contributed by atoms with van der Waals surface area (Å²) in [7, 11) is 0. The third kappa shape index (κ3) is 6.09. The van der Waals surface area contributed by atoms with E-state index in [0.717, 1.165) is 27.9 Å². The van der Waals surface area contributed by atoms with Crippen LogP contribution in [-0.4, -0.2) is 33.4 Å². The summed E-state index contributed by atoms with van der Waals surface area (Å²) in [4.78, 5) is 45.6. The number of carbonyl (C=O) groups is 2. The molecule has 0 fully saturated rings. The molecule has 0 atom stereocenters. The average Bonchev–Trinajstić information content (AvgIpc) is 2.97. The van der Waals surface area contributed by atoms with Crippen LogP contribution in [0.15, 0.2) is 84.9 Å². The van der Waals surface area contributed by atoms with Gasteiger partial charge in [-0.3, -0.25) is 14.9 Å². The molecule has 0 unspecified atom stereocenters. The number of aryl methyl sites for hydroxylation is 3. The summed E-state index contributed by atoms with van der Waals surface area (Å²) in [6.45, 7) is 5.18. The summed E-state index contributed by atoms with van der Waals surface area (Å²) in [6, 6.07) is 25.1. The van der Waals surface area contributed by atoms with Crippen molar-refractivity contribution in [2.45, 2.75) is 20.8 Å². The zero-order valence-corrected chi connectivity index (χ0v) is 22.7. The number of hydrogen-bond donors (Lipinski definition) is 1. The summed E-state index contributed by atoms with van der Waals surface area (Å²) in [5, 5.41) is 13.6. The fraction of sp³-hybridized carbons (Fsp3) is 0.125. The van der Waals surface area contributed by atoms with Gasteiger partial charge in [-0.15, -0.1) is 0 Å². The normalized spacial score (nSPS) is 10.8. The molecular formula is C32H26N4O5. The summed E-state index contributed by atoms with van der Waals surface area (Å²) < 4.78 is 5.23. The van der Waals surface area contributed by atoms with Gasteiger partial charge in [-0.25, -0.2) is 14.8 Å². The average molecular weight is 547 g/mol. The van der Waals surface area contributed by atoms with Crippen molar-refractivity contribution < 1.29 is 19.2 Å². The van der Waals surface area contributed by atoms with Crippen molar-refractivity contribution in [3.8, 4) is 22.5 Å². The van der Waals surface area contributed by atoms with E-state index in [1.807, 2.05) is 62.4 Å². The maximum absolute atomic E-state index is 12.8. The summed E-state index contributed by atoms with van der Waals surface area (Å²) in [6.07, 6.45) is 0. The van der Waals surface area contributed by atoms with Gasteiger partial charge in [0.2, 0.25) is 0 Å². The Hall–Kier alpha value is -5.44. The number of rotatable bonds is 7. The lowest BCUT2D eigenvalue weighted by Gasteiger charge is -2.12. The Labute approximate surface area is 236 Å². The van der Waals surface area contributed by atoms with Gasteiger partial charge in [0, 0.05) is 23.3 Å². The first-order chi connectivity index (χ1) is 19.7. The standard InChI is InChI=1S/C32H26N4O5/c1-19-4-9-22(10-5-19)30-31(23-11-6-20(2)7-12-23)35-28-16-24(13-15-26(28)34-30)32(38)41-18-29(37)33-27-17-25(36(39)40)14-8-21(27)3/h4-17H,18H2,1-3H3,(H,33,37). The number of esters is 1. The maximum atomic E-state index is 12.8. The van der Waals surface area contributed by atoms with Crippen LogP contribution >= 0.6 is 0 Å². The Morgan fingerprint density at radius 3 is 1.95 bits per heavy atom. The fourth-order valence-corrected chi connectivity index (χ4v) is 4.27. The zero-order valence-electron chi connectivity index (χ0n) is 22.7. The molecule has 0 aliphatic heterocycles. The number of non-ortho nitro benzene ring substituents is 1. The van der Waals surface area contributed by atoms with Crippen molar-refractivity contribution in [2.24, 2.45) is 0 Å². The topological polar surface area (TPSA) is 124 Å². The van der Waals surface area contributed by atoms with Crippen LogP contribution in [0.25, 0.3) is 33.5 Å². The van der Waals surface area contributed by atoms with E-state index in [1.165, 1.54) is 18.2 Å². The zero-order chi connectivity index (χ0) is 29.1. The number of nitrogens with one attached hydrogen (secondary N) is 1. The van der Waals surface area contributed by atoms with Gasteiger partial charge in [-0.05, 0) is 44.5 Å². The van der Waals surface area contributed by atoms with Crippen LogP contribution in [0.2, 0.25) is 0 Å². The SMILES string of the molecule is Cc1ccc(-c2nc3ccc(C(=O)OCC(=O)Nc4cc([N+](=O)[O-])ccc4C)cc3nc2-c2ccc(C)cc2)cc1. The predicted molar refractivity (Wildman–Crippen MR) is 157 cm³/mol. The number of ether oxygens (including phenoxy) is 1. The van der Waals surface area contributed by atoms with E-state index in [0.29, 0.717) is 22.3 Å². The minimum Gasteiger partial charge on any atom is -0.452 e. The predicted octanol–water partition coefficient (Wildman–Crippen LogP) is 6.59. The minimum absolute atomic E-state index is 0.157. The number of fused-ring (bicyclic) bond motifs is 1. The van der Waals surface area contributed by atoms with Crippen molar-refractivity contribution in [1.29, 1.82) is 0 Å². The fourth-order valence-electron chi connectivity index (χ4n) is 4.27. The Morgan fingerprint density at radius 1 is 0.780 bits per heavy atom. The molecule has 4 aromatic carbocycles. The molecule has 5 rings (SSSR count). The molecule has 9 heteroatoms. The first kappa shape index (κ1) is 27.1. The van der Waals surface area contributed by atoms with Crippen molar-refractivity contribution >= 4 is 34.3 Å². The van der Waals surface area contributed by atoms with Gasteiger partial charge in [0.1, 0.15) is 0 Å². The summed E-state index contributed by atoms with van der Waals surface area (Å²) >= 11 is 0. The van der Waals surface area contributed by atoms with Gasteiger partial charge in [-0.1, -0.05) is 65.7 Å². The Balaban J connectivity index is 1.40.